The third kappa shape index (κ3) is 4.36. The van der Waals surface area contributed by atoms with Crippen molar-refractivity contribution in [3.63, 3.8) is 0 Å². The summed E-state index contributed by atoms with van der Waals surface area (Å²) in [6, 6.07) is 24.5. The summed E-state index contributed by atoms with van der Waals surface area (Å²) >= 11 is 0. The zero-order valence-electron chi connectivity index (χ0n) is 19.4. The number of fused-ring (bicyclic) bond motifs is 1. The largest absolute Gasteiger partial charge is 0.354 e. The van der Waals surface area contributed by atoms with Crippen LogP contribution in [0.1, 0.15) is 29.5 Å². The van der Waals surface area contributed by atoms with Crippen molar-refractivity contribution < 1.29 is 4.79 Å². The molecule has 3 aromatic carbocycles. The number of rotatable bonds is 6. The van der Waals surface area contributed by atoms with Crippen molar-refractivity contribution in [2.45, 2.75) is 19.4 Å². The van der Waals surface area contributed by atoms with Gasteiger partial charge in [-0.05, 0) is 55.3 Å². The van der Waals surface area contributed by atoms with Gasteiger partial charge in [0, 0.05) is 35.2 Å². The number of aromatic nitrogens is 2. The van der Waals surface area contributed by atoms with Crippen molar-refractivity contribution in [2.75, 3.05) is 23.7 Å². The summed E-state index contributed by atoms with van der Waals surface area (Å²) in [5.74, 6) is -0.0945. The monoisotopic (exact) mass is 461 g/mol. The van der Waals surface area contributed by atoms with Gasteiger partial charge in [-0.25, -0.2) is 4.98 Å². The number of anilines is 2. The first-order chi connectivity index (χ1) is 17.2. The van der Waals surface area contributed by atoms with E-state index in [2.05, 4.69) is 49.8 Å². The van der Waals surface area contributed by atoms with Gasteiger partial charge in [-0.2, -0.15) is 0 Å². The molecule has 3 N–H and O–H groups in total. The fourth-order valence-electron chi connectivity index (χ4n) is 4.91. The molecule has 0 bridgehead atoms. The molecule has 6 nitrogen and oxygen atoms in total. The molecule has 1 amide bonds. The van der Waals surface area contributed by atoms with Crippen LogP contribution in [0.3, 0.4) is 0 Å². The first-order valence-electron chi connectivity index (χ1n) is 12.1. The van der Waals surface area contributed by atoms with Crippen LogP contribution >= 0.6 is 0 Å². The minimum atomic E-state index is -0.0945. The maximum absolute atomic E-state index is 13.1. The van der Waals surface area contributed by atoms with E-state index in [1.165, 1.54) is 31.5 Å². The average molecular weight is 462 g/mol. The molecule has 0 saturated carbocycles. The molecule has 6 rings (SSSR count). The Hall–Kier alpha value is -4.16. The number of nitrogens with zero attached hydrogens (tertiary/aromatic N) is 2. The van der Waals surface area contributed by atoms with Crippen molar-refractivity contribution >= 4 is 28.6 Å². The van der Waals surface area contributed by atoms with Gasteiger partial charge in [0.05, 0.1) is 23.3 Å². The summed E-state index contributed by atoms with van der Waals surface area (Å²) < 4.78 is 0. The number of carbonyl (C=O) groups is 1. The topological polar surface area (TPSA) is 73.0 Å². The first-order valence-corrected chi connectivity index (χ1v) is 12.1. The Morgan fingerprint density at radius 3 is 2.46 bits per heavy atom. The number of benzene rings is 3. The predicted octanol–water partition coefficient (Wildman–Crippen LogP) is 5.61. The van der Waals surface area contributed by atoms with Crippen LogP contribution in [-0.2, 0) is 11.3 Å². The third-order valence-corrected chi connectivity index (χ3v) is 6.72. The Balaban J connectivity index is 1.36. The minimum absolute atomic E-state index is 0.0945. The first kappa shape index (κ1) is 21.4. The molecule has 1 saturated heterocycles. The Bertz CT molecular complexity index is 1370. The molecular weight excluding hydrogens is 434 g/mol. The average Bonchev–Trinajstić information content (AvgIpc) is 3.65. The fourth-order valence-corrected chi connectivity index (χ4v) is 4.91. The van der Waals surface area contributed by atoms with Crippen molar-refractivity contribution in [2.24, 2.45) is 0 Å². The van der Waals surface area contributed by atoms with Crippen LogP contribution < -0.4 is 10.6 Å². The molecule has 35 heavy (non-hydrogen) atoms. The second-order valence-electron chi connectivity index (χ2n) is 9.09. The van der Waals surface area contributed by atoms with Crippen molar-refractivity contribution in [3.8, 4) is 11.3 Å². The number of carbonyl (C=O) groups excluding carboxylic acids is 1. The molecule has 0 radical (unpaired) electrons. The van der Waals surface area contributed by atoms with E-state index in [0.717, 1.165) is 46.0 Å². The summed E-state index contributed by atoms with van der Waals surface area (Å²) in [5.41, 5.74) is 8.31. The van der Waals surface area contributed by atoms with E-state index >= 15 is 0 Å². The third-order valence-electron chi connectivity index (χ3n) is 6.72. The van der Waals surface area contributed by atoms with Gasteiger partial charge in [0.25, 0.3) is 5.91 Å². The van der Waals surface area contributed by atoms with Crippen LogP contribution in [0, 0.1) is 0 Å². The quantitative estimate of drug-likeness (QED) is 0.327. The van der Waals surface area contributed by atoms with Crippen molar-refractivity contribution in [1.82, 2.24) is 14.9 Å². The van der Waals surface area contributed by atoms with Crippen molar-refractivity contribution in [3.05, 3.63) is 102 Å². The molecule has 174 valence electrons. The van der Waals surface area contributed by atoms with Gasteiger partial charge in [0.1, 0.15) is 0 Å². The number of H-pyrrole nitrogens is 1. The highest BCUT2D eigenvalue weighted by Crippen LogP contribution is 2.37. The minimum Gasteiger partial charge on any atom is -0.354 e. The molecule has 0 aliphatic carbocycles. The highest BCUT2D eigenvalue weighted by Gasteiger charge is 2.28. The van der Waals surface area contributed by atoms with Crippen molar-refractivity contribution in [1.29, 1.82) is 0 Å². The van der Waals surface area contributed by atoms with E-state index in [9.17, 15) is 4.79 Å². The van der Waals surface area contributed by atoms with Gasteiger partial charge in [-0.3, -0.25) is 9.69 Å². The highest BCUT2D eigenvalue weighted by molar-refractivity contribution is 6.37. The summed E-state index contributed by atoms with van der Waals surface area (Å²) in [7, 11) is 0. The van der Waals surface area contributed by atoms with E-state index in [4.69, 9.17) is 0 Å². The second kappa shape index (κ2) is 9.24. The Morgan fingerprint density at radius 1 is 0.943 bits per heavy atom. The Labute approximate surface area is 204 Å². The molecule has 0 unspecified atom stereocenters. The van der Waals surface area contributed by atoms with Crippen LogP contribution in [0.4, 0.5) is 11.4 Å². The number of nitrogens with one attached hydrogen (secondary N) is 3. The molecule has 3 heterocycles. The molecule has 1 aromatic heterocycles. The van der Waals surface area contributed by atoms with Gasteiger partial charge < -0.3 is 15.6 Å². The Morgan fingerprint density at radius 2 is 1.71 bits per heavy atom. The SMILES string of the molecule is O=C1Nc2ccccc2C1=C(Nc1ccc(-c2c[nH]cn2)cc1)c1ccc(CN2CCCC2)cc1. The van der Waals surface area contributed by atoms with Gasteiger partial charge in [0.2, 0.25) is 0 Å². The van der Waals surface area contributed by atoms with Crippen LogP contribution in [0.2, 0.25) is 0 Å². The summed E-state index contributed by atoms with van der Waals surface area (Å²) in [4.78, 5) is 22.9. The standard InChI is InChI=1S/C29H27N5O/c35-29-27(24-5-1-2-6-25(24)33-29)28(22-9-7-20(8-10-22)18-34-15-3-4-16-34)32-23-13-11-21(12-14-23)26-17-30-19-31-26/h1-2,5-14,17,19,32H,3-4,15-16,18H2,(H,30,31)(H,33,35). The smallest absolute Gasteiger partial charge is 0.258 e. The molecular formula is C29H27N5O. The molecule has 0 spiro atoms. The fraction of sp³-hybridized carbons (Fsp3) is 0.172. The van der Waals surface area contributed by atoms with Gasteiger partial charge in [-0.15, -0.1) is 0 Å². The summed E-state index contributed by atoms with van der Waals surface area (Å²) in [6.07, 6.45) is 6.12. The number of hydrogen-bond acceptors (Lipinski definition) is 4. The van der Waals surface area contributed by atoms with E-state index in [0.29, 0.717) is 5.57 Å². The van der Waals surface area contributed by atoms with Crippen LogP contribution in [0.15, 0.2) is 85.3 Å². The number of likely N-dealkylation sites (tertiary alicyclic amines) is 1. The molecule has 4 aromatic rings. The van der Waals surface area contributed by atoms with Gasteiger partial charge in [0.15, 0.2) is 0 Å². The highest BCUT2D eigenvalue weighted by atomic mass is 16.2. The molecule has 2 aliphatic rings. The molecule has 0 atom stereocenters. The molecule has 6 heteroatoms. The lowest BCUT2D eigenvalue weighted by atomic mass is 9.99. The van der Waals surface area contributed by atoms with Crippen LogP contribution in [0.5, 0.6) is 0 Å². The predicted molar refractivity (Wildman–Crippen MR) is 140 cm³/mol. The number of amides is 1. The van der Waals surface area contributed by atoms with E-state index < -0.39 is 0 Å². The van der Waals surface area contributed by atoms with Crippen LogP contribution in [0.25, 0.3) is 22.5 Å². The molecule has 1 fully saturated rings. The van der Waals surface area contributed by atoms with E-state index in [1.54, 1.807) is 6.33 Å². The number of para-hydroxylation sites is 1. The number of hydrogen-bond donors (Lipinski definition) is 3. The van der Waals surface area contributed by atoms with Crippen LogP contribution in [-0.4, -0.2) is 33.9 Å². The lowest BCUT2D eigenvalue weighted by molar-refractivity contribution is -0.110. The number of imidazole rings is 1. The second-order valence-corrected chi connectivity index (χ2v) is 9.09. The normalized spacial score (nSPS) is 16.7. The van der Waals surface area contributed by atoms with Gasteiger partial charge in [-0.1, -0.05) is 54.6 Å². The Kier molecular flexibility index (Phi) is 5.64. The summed E-state index contributed by atoms with van der Waals surface area (Å²) in [6.45, 7) is 3.31. The van der Waals surface area contributed by atoms with E-state index in [-0.39, 0.29) is 5.91 Å². The maximum Gasteiger partial charge on any atom is 0.258 e. The van der Waals surface area contributed by atoms with E-state index in [1.807, 2.05) is 54.7 Å². The maximum atomic E-state index is 13.1. The zero-order chi connectivity index (χ0) is 23.6. The summed E-state index contributed by atoms with van der Waals surface area (Å²) in [5, 5.41) is 6.57. The number of aromatic amines is 1. The lowest BCUT2D eigenvalue weighted by Gasteiger charge is -2.17. The zero-order valence-corrected chi connectivity index (χ0v) is 19.4. The lowest BCUT2D eigenvalue weighted by Crippen LogP contribution is -2.18. The molecule has 2 aliphatic heterocycles. The van der Waals surface area contributed by atoms with Gasteiger partial charge >= 0.3 is 0 Å².